The Hall–Kier alpha value is -3.30. The monoisotopic (exact) mass is 620 g/mol. The predicted octanol–water partition coefficient (Wildman–Crippen LogP) is 6.65. The van der Waals surface area contributed by atoms with E-state index in [0.717, 1.165) is 29.4 Å². The lowest BCUT2D eigenvalue weighted by Gasteiger charge is -2.08. The summed E-state index contributed by atoms with van der Waals surface area (Å²) in [6.45, 7) is 14.7. The molecular weight excluding hydrogens is 572 g/mol. The molecule has 4 aliphatic heterocycles. The van der Waals surface area contributed by atoms with Crippen LogP contribution in [0.4, 0.5) is 0 Å². The normalized spacial score (nSPS) is 28.3. The Morgan fingerprint density at radius 2 is 0.733 bits per heavy atom. The van der Waals surface area contributed by atoms with Gasteiger partial charge in [0.15, 0.2) is 0 Å². The van der Waals surface area contributed by atoms with Gasteiger partial charge in [0.1, 0.15) is 73.8 Å². The van der Waals surface area contributed by atoms with Crippen molar-refractivity contribution in [3.05, 3.63) is 83.9 Å². The molecule has 0 aliphatic carbocycles. The summed E-state index contributed by atoms with van der Waals surface area (Å²) in [7, 11) is 0. The van der Waals surface area contributed by atoms with Crippen molar-refractivity contribution in [3.63, 3.8) is 0 Å². The maximum atomic E-state index is 5.73. The highest BCUT2D eigenvalue weighted by molar-refractivity contribution is 5.34. The van der Waals surface area contributed by atoms with Crippen molar-refractivity contribution in [1.29, 1.82) is 0 Å². The van der Waals surface area contributed by atoms with Crippen LogP contribution in [-0.2, 0) is 25.4 Å². The quantitative estimate of drug-likeness (QED) is 0.185. The second-order valence-corrected chi connectivity index (χ2v) is 11.7. The van der Waals surface area contributed by atoms with Gasteiger partial charge in [0.05, 0.1) is 24.4 Å². The molecule has 0 aromatic heterocycles. The first-order valence-corrected chi connectivity index (χ1v) is 16.3. The van der Waals surface area contributed by atoms with Crippen LogP contribution < -0.4 is 18.9 Å². The molecule has 3 aromatic carbocycles. The van der Waals surface area contributed by atoms with E-state index in [2.05, 4.69) is 38.1 Å². The number of ether oxygens (including phenoxy) is 8. The molecule has 8 atom stereocenters. The number of epoxide rings is 4. The van der Waals surface area contributed by atoms with Crippen molar-refractivity contribution in [3.8, 4) is 23.0 Å². The number of hydrogen-bond acceptors (Lipinski definition) is 8. The van der Waals surface area contributed by atoms with Crippen molar-refractivity contribution < 1.29 is 37.9 Å². The Balaban J connectivity index is 0.000000177. The zero-order valence-electron chi connectivity index (χ0n) is 27.3. The van der Waals surface area contributed by atoms with Crippen LogP contribution in [-0.4, -0.2) is 75.3 Å². The summed E-state index contributed by atoms with van der Waals surface area (Å²) in [5, 5.41) is 0. The SMILES string of the molecule is CC.CC1OC1COc1ccc(Cc2ccc(OCC3OC3C)cc2)cc1.CC1OC1COc1cccc(OCC2OC2C)c1. The van der Waals surface area contributed by atoms with Crippen molar-refractivity contribution in [1.82, 2.24) is 0 Å². The van der Waals surface area contributed by atoms with E-state index in [9.17, 15) is 0 Å². The Bertz CT molecular complexity index is 1220. The molecule has 4 fully saturated rings. The molecule has 3 aromatic rings. The molecule has 45 heavy (non-hydrogen) atoms. The van der Waals surface area contributed by atoms with Crippen molar-refractivity contribution in [2.75, 3.05) is 26.4 Å². The Morgan fingerprint density at radius 3 is 1.02 bits per heavy atom. The Labute approximate surface area is 267 Å². The minimum Gasteiger partial charge on any atom is -0.491 e. The van der Waals surface area contributed by atoms with Gasteiger partial charge < -0.3 is 37.9 Å². The van der Waals surface area contributed by atoms with Gasteiger partial charge in [-0.05, 0) is 81.6 Å². The van der Waals surface area contributed by atoms with Crippen LogP contribution in [0.25, 0.3) is 0 Å². The topological polar surface area (TPSA) is 87.0 Å². The maximum Gasteiger partial charge on any atom is 0.123 e. The third-order valence-electron chi connectivity index (χ3n) is 8.06. The molecule has 0 radical (unpaired) electrons. The molecule has 0 bridgehead atoms. The van der Waals surface area contributed by atoms with Crippen LogP contribution in [0, 0.1) is 0 Å². The molecule has 8 heteroatoms. The average molecular weight is 621 g/mol. The third-order valence-corrected chi connectivity index (χ3v) is 8.06. The lowest BCUT2D eigenvalue weighted by Crippen LogP contribution is -2.08. The molecule has 244 valence electrons. The smallest absolute Gasteiger partial charge is 0.123 e. The number of rotatable bonds is 14. The van der Waals surface area contributed by atoms with E-state index in [0.29, 0.717) is 50.8 Å². The van der Waals surface area contributed by atoms with Crippen LogP contribution in [0.5, 0.6) is 23.0 Å². The molecule has 4 aliphatic rings. The molecule has 0 amide bonds. The third kappa shape index (κ3) is 10.9. The minimum atomic E-state index is 0.246. The van der Waals surface area contributed by atoms with E-state index in [1.165, 1.54) is 11.1 Å². The van der Waals surface area contributed by atoms with E-state index >= 15 is 0 Å². The highest BCUT2D eigenvalue weighted by atomic mass is 16.6. The lowest BCUT2D eigenvalue weighted by atomic mass is 10.0. The summed E-state index contributed by atoms with van der Waals surface area (Å²) >= 11 is 0. The summed E-state index contributed by atoms with van der Waals surface area (Å²) in [6, 6.07) is 24.2. The van der Waals surface area contributed by atoms with Crippen LogP contribution in [0.15, 0.2) is 72.8 Å². The molecule has 8 nitrogen and oxygen atoms in total. The van der Waals surface area contributed by atoms with Gasteiger partial charge >= 0.3 is 0 Å². The van der Waals surface area contributed by atoms with Gasteiger partial charge in [-0.1, -0.05) is 44.2 Å². The van der Waals surface area contributed by atoms with Crippen LogP contribution >= 0.6 is 0 Å². The van der Waals surface area contributed by atoms with E-state index in [1.54, 1.807) is 0 Å². The molecular formula is C37H48O8. The highest BCUT2D eigenvalue weighted by Gasteiger charge is 2.36. The van der Waals surface area contributed by atoms with E-state index in [-0.39, 0.29) is 24.4 Å². The highest BCUT2D eigenvalue weighted by Crippen LogP contribution is 2.27. The first kappa shape index (κ1) is 33.1. The van der Waals surface area contributed by atoms with Crippen molar-refractivity contribution >= 4 is 0 Å². The predicted molar refractivity (Wildman–Crippen MR) is 173 cm³/mol. The molecule has 4 saturated heterocycles. The van der Waals surface area contributed by atoms with Crippen molar-refractivity contribution in [2.45, 2.75) is 96.8 Å². The molecule has 4 heterocycles. The fraction of sp³-hybridized carbons (Fsp3) is 0.514. The van der Waals surface area contributed by atoms with E-state index in [4.69, 9.17) is 37.9 Å². The summed E-state index contributed by atoms with van der Waals surface area (Å²) < 4.78 is 44.0. The molecule has 0 saturated carbocycles. The van der Waals surface area contributed by atoms with E-state index in [1.807, 2.05) is 76.2 Å². The maximum absolute atomic E-state index is 5.73. The number of hydrogen-bond donors (Lipinski definition) is 0. The second-order valence-electron chi connectivity index (χ2n) is 11.7. The fourth-order valence-corrected chi connectivity index (χ4v) is 4.63. The minimum absolute atomic E-state index is 0.246. The zero-order valence-corrected chi connectivity index (χ0v) is 27.3. The first-order valence-electron chi connectivity index (χ1n) is 16.3. The number of benzene rings is 3. The van der Waals surface area contributed by atoms with Gasteiger partial charge in [-0.3, -0.25) is 0 Å². The molecule has 8 unspecified atom stereocenters. The summed E-state index contributed by atoms with van der Waals surface area (Å²) in [5.41, 5.74) is 2.52. The van der Waals surface area contributed by atoms with Gasteiger partial charge in [-0.15, -0.1) is 0 Å². The summed E-state index contributed by atoms with van der Waals surface area (Å²) in [5.74, 6) is 3.43. The summed E-state index contributed by atoms with van der Waals surface area (Å²) in [6.07, 6.45) is 3.25. The fourth-order valence-electron chi connectivity index (χ4n) is 4.63. The van der Waals surface area contributed by atoms with E-state index < -0.39 is 0 Å². The van der Waals surface area contributed by atoms with Crippen molar-refractivity contribution in [2.24, 2.45) is 0 Å². The van der Waals surface area contributed by atoms with Crippen LogP contribution in [0.2, 0.25) is 0 Å². The van der Waals surface area contributed by atoms with Gasteiger partial charge in [-0.25, -0.2) is 0 Å². The molecule has 0 spiro atoms. The van der Waals surface area contributed by atoms with Crippen LogP contribution in [0.3, 0.4) is 0 Å². The second kappa shape index (κ2) is 15.8. The van der Waals surface area contributed by atoms with Gasteiger partial charge in [-0.2, -0.15) is 0 Å². The van der Waals surface area contributed by atoms with Gasteiger partial charge in [0.25, 0.3) is 0 Å². The Kier molecular flexibility index (Phi) is 11.6. The standard InChI is InChI=1S/C21H24O4.C14H18O4.C2H6/c1-14-20(24-14)12-22-18-7-3-16(4-8-18)11-17-5-9-19(10-6-17)23-13-21-15(2)25-21;1-9-13(17-9)7-15-11-4-3-5-12(6-11)16-8-14-10(2)18-14;1-2/h3-10,14-15,20-21H,11-13H2,1-2H3;3-6,9-10,13-14H,7-8H2,1-2H3;1-2H3. The van der Waals surface area contributed by atoms with Gasteiger partial charge in [0, 0.05) is 6.07 Å². The van der Waals surface area contributed by atoms with Crippen LogP contribution in [0.1, 0.15) is 52.7 Å². The largest absolute Gasteiger partial charge is 0.491 e. The molecule has 0 N–H and O–H groups in total. The zero-order chi connectivity index (χ0) is 31.8. The lowest BCUT2D eigenvalue weighted by molar-refractivity contribution is 0.250. The first-order chi connectivity index (χ1) is 21.9. The Morgan fingerprint density at radius 1 is 0.444 bits per heavy atom. The average Bonchev–Trinajstić information content (AvgIpc) is 3.95. The molecule has 7 rings (SSSR count). The van der Waals surface area contributed by atoms with Gasteiger partial charge in [0.2, 0.25) is 0 Å². The summed E-state index contributed by atoms with van der Waals surface area (Å²) in [4.78, 5) is 0.